The van der Waals surface area contributed by atoms with Gasteiger partial charge in [-0.05, 0) is 29.3 Å². The van der Waals surface area contributed by atoms with Crippen LogP contribution in [0.3, 0.4) is 0 Å². The average molecular weight is 367 g/mol. The van der Waals surface area contributed by atoms with Gasteiger partial charge in [0.05, 0.1) is 11.4 Å². The van der Waals surface area contributed by atoms with Gasteiger partial charge in [0.15, 0.2) is 0 Å². The SMILES string of the molecule is C=CCOc1cccc(/C=C2\SC(=S)N(Cc3ccccc3)C2=O)c1. The third-order valence-corrected chi connectivity index (χ3v) is 4.96. The van der Waals surface area contributed by atoms with E-state index in [1.165, 1.54) is 11.8 Å². The molecule has 0 radical (unpaired) electrons. The van der Waals surface area contributed by atoms with Gasteiger partial charge in [-0.2, -0.15) is 0 Å². The Hall–Kier alpha value is -2.37. The number of rotatable bonds is 6. The second kappa shape index (κ2) is 8.14. The Kier molecular flexibility index (Phi) is 5.68. The van der Waals surface area contributed by atoms with Gasteiger partial charge in [0.1, 0.15) is 16.7 Å². The van der Waals surface area contributed by atoms with Gasteiger partial charge in [0.25, 0.3) is 5.91 Å². The largest absolute Gasteiger partial charge is 0.490 e. The van der Waals surface area contributed by atoms with E-state index < -0.39 is 0 Å². The zero-order chi connectivity index (χ0) is 17.6. The average Bonchev–Trinajstić information content (AvgIpc) is 2.89. The van der Waals surface area contributed by atoms with Gasteiger partial charge in [-0.15, -0.1) is 0 Å². The Labute approximate surface area is 157 Å². The summed E-state index contributed by atoms with van der Waals surface area (Å²) in [7, 11) is 0. The zero-order valence-electron chi connectivity index (χ0n) is 13.6. The lowest BCUT2D eigenvalue weighted by Gasteiger charge is -2.14. The summed E-state index contributed by atoms with van der Waals surface area (Å²) in [4.78, 5) is 15.0. The van der Waals surface area contributed by atoms with Crippen LogP contribution in [0.15, 0.2) is 72.2 Å². The fraction of sp³-hybridized carbons (Fsp3) is 0.100. The number of hydrogen-bond donors (Lipinski definition) is 0. The van der Waals surface area contributed by atoms with E-state index in [2.05, 4.69) is 6.58 Å². The summed E-state index contributed by atoms with van der Waals surface area (Å²) in [6.07, 6.45) is 3.55. The van der Waals surface area contributed by atoms with E-state index in [9.17, 15) is 4.79 Å². The van der Waals surface area contributed by atoms with Crippen LogP contribution in [0.1, 0.15) is 11.1 Å². The van der Waals surface area contributed by atoms with Crippen molar-refractivity contribution in [1.29, 1.82) is 0 Å². The van der Waals surface area contributed by atoms with Crippen LogP contribution in [0.4, 0.5) is 0 Å². The molecule has 1 amide bonds. The lowest BCUT2D eigenvalue weighted by atomic mass is 10.2. The molecule has 1 heterocycles. The summed E-state index contributed by atoms with van der Waals surface area (Å²) in [6, 6.07) is 17.4. The molecule has 0 saturated carbocycles. The molecule has 0 N–H and O–H groups in total. The maximum atomic E-state index is 12.7. The van der Waals surface area contributed by atoms with Crippen molar-refractivity contribution in [3.8, 4) is 5.75 Å². The Morgan fingerprint density at radius 1 is 1.16 bits per heavy atom. The van der Waals surface area contributed by atoms with Crippen molar-refractivity contribution in [3.63, 3.8) is 0 Å². The van der Waals surface area contributed by atoms with Crippen LogP contribution >= 0.6 is 24.0 Å². The Morgan fingerprint density at radius 3 is 2.72 bits per heavy atom. The summed E-state index contributed by atoms with van der Waals surface area (Å²) in [5.41, 5.74) is 1.96. The minimum absolute atomic E-state index is 0.0590. The molecule has 0 atom stereocenters. The lowest BCUT2D eigenvalue weighted by Crippen LogP contribution is -2.27. The molecule has 25 heavy (non-hydrogen) atoms. The number of amides is 1. The summed E-state index contributed by atoms with van der Waals surface area (Å²) in [5, 5.41) is 0. The highest BCUT2D eigenvalue weighted by Gasteiger charge is 2.31. The second-order valence-electron chi connectivity index (χ2n) is 5.43. The first-order valence-corrected chi connectivity index (χ1v) is 9.03. The van der Waals surface area contributed by atoms with Crippen LogP contribution in [-0.2, 0) is 11.3 Å². The molecule has 5 heteroatoms. The van der Waals surface area contributed by atoms with E-state index in [-0.39, 0.29) is 5.91 Å². The monoisotopic (exact) mass is 367 g/mol. The molecule has 0 bridgehead atoms. The first-order valence-electron chi connectivity index (χ1n) is 7.80. The normalized spacial score (nSPS) is 15.7. The van der Waals surface area contributed by atoms with Gasteiger partial charge in [-0.1, -0.05) is 79.1 Å². The van der Waals surface area contributed by atoms with E-state index >= 15 is 0 Å². The minimum atomic E-state index is -0.0590. The molecule has 0 unspecified atom stereocenters. The fourth-order valence-electron chi connectivity index (χ4n) is 2.40. The molecule has 0 spiro atoms. The molecule has 126 valence electrons. The quantitative estimate of drug-likeness (QED) is 0.422. The molecule has 3 rings (SSSR count). The van der Waals surface area contributed by atoms with E-state index in [0.29, 0.717) is 22.4 Å². The number of carbonyl (C=O) groups is 1. The van der Waals surface area contributed by atoms with Crippen molar-refractivity contribution in [2.45, 2.75) is 6.54 Å². The predicted molar refractivity (Wildman–Crippen MR) is 107 cm³/mol. The first kappa shape index (κ1) is 17.5. The maximum Gasteiger partial charge on any atom is 0.266 e. The molecule has 2 aromatic rings. The minimum Gasteiger partial charge on any atom is -0.490 e. The summed E-state index contributed by atoms with van der Waals surface area (Å²) >= 11 is 6.72. The topological polar surface area (TPSA) is 29.5 Å². The summed E-state index contributed by atoms with van der Waals surface area (Å²) in [6.45, 7) is 4.58. The number of carbonyl (C=O) groups excluding carboxylic acids is 1. The standard InChI is InChI=1S/C20H17NO2S2/c1-2-11-23-17-10-6-9-16(12-17)13-18-19(22)21(20(24)25-18)14-15-7-4-3-5-8-15/h2-10,12-13H,1,11,14H2/b18-13-. The first-order chi connectivity index (χ1) is 12.2. The van der Waals surface area contributed by atoms with Crippen molar-refractivity contribution in [1.82, 2.24) is 4.90 Å². The van der Waals surface area contributed by atoms with Crippen LogP contribution in [0.5, 0.6) is 5.75 Å². The Bertz CT molecular complexity index is 831. The van der Waals surface area contributed by atoms with Crippen LogP contribution in [0.2, 0.25) is 0 Å². The number of hydrogen-bond acceptors (Lipinski definition) is 4. The molecule has 2 aromatic carbocycles. The number of thioether (sulfide) groups is 1. The molecule has 1 aliphatic rings. The fourth-order valence-corrected chi connectivity index (χ4v) is 3.66. The lowest BCUT2D eigenvalue weighted by molar-refractivity contribution is -0.122. The number of nitrogens with zero attached hydrogens (tertiary/aromatic N) is 1. The Balaban J connectivity index is 1.77. The van der Waals surface area contributed by atoms with E-state index in [4.69, 9.17) is 17.0 Å². The van der Waals surface area contributed by atoms with E-state index in [0.717, 1.165) is 16.9 Å². The van der Waals surface area contributed by atoms with Gasteiger partial charge < -0.3 is 4.74 Å². The van der Waals surface area contributed by atoms with Gasteiger partial charge in [0.2, 0.25) is 0 Å². The Morgan fingerprint density at radius 2 is 1.96 bits per heavy atom. The molecule has 3 nitrogen and oxygen atoms in total. The highest BCUT2D eigenvalue weighted by atomic mass is 32.2. The molecule has 0 aliphatic carbocycles. The molecule has 1 saturated heterocycles. The van der Waals surface area contributed by atoms with Crippen molar-refractivity contribution >= 4 is 40.3 Å². The summed E-state index contributed by atoms with van der Waals surface area (Å²) < 4.78 is 6.12. The van der Waals surface area contributed by atoms with Gasteiger partial charge in [-0.3, -0.25) is 9.69 Å². The van der Waals surface area contributed by atoms with Crippen LogP contribution in [-0.4, -0.2) is 21.7 Å². The highest BCUT2D eigenvalue weighted by molar-refractivity contribution is 8.26. The van der Waals surface area contributed by atoms with E-state index in [1.807, 2.05) is 60.7 Å². The molecular weight excluding hydrogens is 350 g/mol. The van der Waals surface area contributed by atoms with Gasteiger partial charge in [-0.25, -0.2) is 0 Å². The third-order valence-electron chi connectivity index (χ3n) is 3.58. The van der Waals surface area contributed by atoms with Crippen LogP contribution in [0, 0.1) is 0 Å². The van der Waals surface area contributed by atoms with Crippen molar-refractivity contribution < 1.29 is 9.53 Å². The van der Waals surface area contributed by atoms with Gasteiger partial charge in [0, 0.05) is 0 Å². The van der Waals surface area contributed by atoms with Crippen LogP contribution in [0.25, 0.3) is 6.08 Å². The third kappa shape index (κ3) is 4.38. The molecule has 1 fully saturated rings. The van der Waals surface area contributed by atoms with Crippen molar-refractivity contribution in [2.75, 3.05) is 6.61 Å². The molecular formula is C20H17NO2S2. The number of thiocarbonyl (C=S) groups is 1. The van der Waals surface area contributed by atoms with Crippen LogP contribution < -0.4 is 4.74 Å². The predicted octanol–water partition coefficient (Wildman–Crippen LogP) is 4.65. The zero-order valence-corrected chi connectivity index (χ0v) is 15.2. The maximum absolute atomic E-state index is 12.7. The second-order valence-corrected chi connectivity index (χ2v) is 7.10. The molecule has 1 aliphatic heterocycles. The molecule has 0 aromatic heterocycles. The van der Waals surface area contributed by atoms with Crippen molar-refractivity contribution in [2.24, 2.45) is 0 Å². The smallest absolute Gasteiger partial charge is 0.266 e. The number of benzene rings is 2. The van der Waals surface area contributed by atoms with Crippen molar-refractivity contribution in [3.05, 3.63) is 83.3 Å². The summed E-state index contributed by atoms with van der Waals surface area (Å²) in [5.74, 6) is 0.685. The highest BCUT2D eigenvalue weighted by Crippen LogP contribution is 2.34. The number of ether oxygens (including phenoxy) is 1. The van der Waals surface area contributed by atoms with E-state index in [1.54, 1.807) is 11.0 Å². The van der Waals surface area contributed by atoms with Gasteiger partial charge >= 0.3 is 0 Å².